The van der Waals surface area contributed by atoms with Gasteiger partial charge >= 0.3 is 0 Å². The van der Waals surface area contributed by atoms with E-state index in [2.05, 4.69) is 125 Å². The number of fused-ring (bicyclic) bond motifs is 5. The number of imidazole rings is 5. The summed E-state index contributed by atoms with van der Waals surface area (Å²) in [5.74, 6) is 1.92. The zero-order chi connectivity index (χ0) is 105. The number of hydrogen-bond acceptors (Lipinski definition) is 32. The van der Waals surface area contributed by atoms with Crippen molar-refractivity contribution in [2.45, 2.75) is 43.6 Å². The number of sulfone groups is 1. The maximum Gasteiger partial charge on any atom is 0.281 e. The number of sulfonamides is 2. The van der Waals surface area contributed by atoms with Crippen LogP contribution < -0.4 is 30.7 Å². The largest absolute Gasteiger partial charge is 0.354 e. The summed E-state index contributed by atoms with van der Waals surface area (Å²) >= 11 is 0. The lowest BCUT2D eigenvalue weighted by Crippen LogP contribution is -2.46. The van der Waals surface area contributed by atoms with Crippen molar-refractivity contribution in [2.75, 3.05) is 80.4 Å². The van der Waals surface area contributed by atoms with Gasteiger partial charge in [0.05, 0.1) is 114 Å². The maximum atomic E-state index is 13.1. The highest BCUT2D eigenvalue weighted by Crippen LogP contribution is 2.34. The molecule has 2 aliphatic rings. The van der Waals surface area contributed by atoms with Gasteiger partial charge in [-0.25, -0.2) is 179 Å². The standard InChI is InChI=1S/C22H19F2N7O.C20H18F2N8.C19H16F2N6O2S.2C18H14F2N6O2S/c23-20(24)17-13-31-18(11-28-19(31)12-27-17)21-26-5-4-16(29-21)14-2-1-3-15(10-14)22(32)30-8-6-25-7-9-30;21-19(22)15-12-30-16(10-26-18(30)11-25-15)20-24-5-4-14(28-20)13-2-1-3-17(27-13)29-8-6-23-7-9-29;1-30(28,29)25-8-12-3-2-4-13(7-12)14-5-6-22-19(26-14)16-9-24-17-10-23-15(18(20)21)11-27(16)17;1-29(27,28)25-12-4-2-3-11(7-12)13-5-6-21-18(24-13)15-8-23-16-9-22-14(17(19)20)10-26(15)16;19-17(20)14-9-26-15(7-24-16(26)8-23-14)18-22-5-4-13(25-18)11-2-1-3-12(6-11)29(27,28)10-21/h1-5,10-13,20,25H,6-9H2;1-5,10-12,19,23H,6-9H2;2-7,9-11,18,25H,8H2,1H3;2-10,17,25H,1H3;1-9,17H,10,21H2. The van der Waals surface area contributed by atoms with Crippen LogP contribution in [0.15, 0.2) is 274 Å². The zero-order valence-corrected chi connectivity index (χ0v) is 80.8. The van der Waals surface area contributed by atoms with Crippen LogP contribution in [-0.2, 0) is 36.4 Å². The number of benzene rings is 4. The predicted molar refractivity (Wildman–Crippen MR) is 530 cm³/mol. The summed E-state index contributed by atoms with van der Waals surface area (Å²) < 4.78 is 212. The van der Waals surface area contributed by atoms with Crippen LogP contribution in [0.2, 0.25) is 0 Å². The van der Waals surface area contributed by atoms with E-state index < -0.39 is 73.6 Å². The van der Waals surface area contributed by atoms with Crippen molar-refractivity contribution in [3.63, 3.8) is 0 Å². The molecular formula is C97H81F10N33O7S3. The van der Waals surface area contributed by atoms with Gasteiger partial charge in [-0.1, -0.05) is 60.7 Å². The molecule has 40 nitrogen and oxygen atoms in total. The Morgan fingerprint density at radius 3 is 1.07 bits per heavy atom. The Labute approximate surface area is 844 Å². The van der Waals surface area contributed by atoms with Crippen LogP contribution in [-0.4, -0.2) is 233 Å². The van der Waals surface area contributed by atoms with Crippen molar-refractivity contribution >= 4 is 75.5 Å². The number of carbonyl (C=O) groups is 1. The first-order valence-corrected chi connectivity index (χ1v) is 50.6. The van der Waals surface area contributed by atoms with Crippen LogP contribution in [0, 0.1) is 0 Å². The number of rotatable bonds is 24. The summed E-state index contributed by atoms with van der Waals surface area (Å²) in [4.78, 5) is 105. The molecule has 22 rings (SSSR count). The molecule has 53 heteroatoms. The van der Waals surface area contributed by atoms with Crippen molar-refractivity contribution in [2.24, 2.45) is 5.73 Å². The van der Waals surface area contributed by atoms with Crippen LogP contribution in [0.5, 0.6) is 0 Å². The Morgan fingerprint density at radius 2 is 0.687 bits per heavy atom. The molecule has 4 aromatic carbocycles. The smallest absolute Gasteiger partial charge is 0.281 e. The Morgan fingerprint density at radius 1 is 0.353 bits per heavy atom. The highest BCUT2D eigenvalue weighted by atomic mass is 32.2. The van der Waals surface area contributed by atoms with E-state index in [0.29, 0.717) is 138 Å². The third-order valence-electron chi connectivity index (χ3n) is 22.8. The van der Waals surface area contributed by atoms with Crippen molar-refractivity contribution in [1.82, 2.24) is 147 Å². The molecule has 2 aliphatic heterocycles. The third-order valence-corrected chi connectivity index (χ3v) is 25.5. The summed E-state index contributed by atoms with van der Waals surface area (Å²) in [6.45, 7) is 6.70. The minimum absolute atomic E-state index is 0.0172. The molecule has 18 heterocycles. The van der Waals surface area contributed by atoms with Crippen molar-refractivity contribution in [3.05, 3.63) is 309 Å². The molecule has 20 aromatic rings. The molecule has 0 radical (unpaired) electrons. The lowest BCUT2D eigenvalue weighted by molar-refractivity contribution is 0.0735. The predicted octanol–water partition coefficient (Wildman–Crippen LogP) is 13.9. The monoisotopic (exact) mass is 2110 g/mol. The maximum absolute atomic E-state index is 13.1. The highest BCUT2D eigenvalue weighted by molar-refractivity contribution is 7.92. The van der Waals surface area contributed by atoms with Gasteiger partial charge in [0, 0.05) is 154 Å². The minimum Gasteiger partial charge on any atom is -0.354 e. The quantitative estimate of drug-likeness (QED) is 0.0351. The third kappa shape index (κ3) is 24.3. The SMILES string of the molecule is CS(=O)(=O)NCc1cccc(-c2ccnc(-c3cnc4cnc(C(F)F)cn34)n2)c1.CS(=O)(=O)Nc1cccc(-c2ccnc(-c3cnc4cnc(C(F)F)cn34)n2)c1.FC(F)c1cn2c(-c3nccc(-c4cccc(N5CCNCC5)n4)n3)cnc2cn1.NCS(=O)(=O)c1cccc(-c2ccnc(-c3cnc4cnc(C(F)F)cn34)n2)c1.O=C(c1cccc(-c2ccnc(-c3cnc4cnc(C(F)F)cn34)n2)c1)N1CCNCC1. The Bertz CT molecular complexity index is 8730. The van der Waals surface area contributed by atoms with Gasteiger partial charge in [0.25, 0.3) is 38.0 Å². The molecule has 6 N–H and O–H groups in total. The molecule has 2 fully saturated rings. The first-order valence-electron chi connectivity index (χ1n) is 45.2. The summed E-state index contributed by atoms with van der Waals surface area (Å²) in [6.07, 6.45) is 16.5. The normalized spacial score (nSPS) is 13.0. The fourth-order valence-corrected chi connectivity index (χ4v) is 17.3. The lowest BCUT2D eigenvalue weighted by Gasteiger charge is -2.28. The summed E-state index contributed by atoms with van der Waals surface area (Å²) in [7, 11) is -10.3. The number of halogens is 10. The zero-order valence-electron chi connectivity index (χ0n) is 78.3. The van der Waals surface area contributed by atoms with Gasteiger partial charge in [-0.3, -0.25) is 31.5 Å². The van der Waals surface area contributed by atoms with Crippen LogP contribution >= 0.6 is 0 Å². The van der Waals surface area contributed by atoms with E-state index in [1.54, 1.807) is 110 Å². The molecule has 0 aliphatic carbocycles. The molecule has 0 unspecified atom stereocenters. The second-order valence-corrected chi connectivity index (χ2v) is 38.7. The van der Waals surface area contributed by atoms with Crippen molar-refractivity contribution < 1.29 is 74.0 Å². The summed E-state index contributed by atoms with van der Waals surface area (Å²) in [5, 5.41) is 6.57. The number of anilines is 2. The van der Waals surface area contributed by atoms with Gasteiger partial charge in [-0.05, 0) is 90.5 Å². The van der Waals surface area contributed by atoms with Gasteiger partial charge in [0.1, 0.15) is 68.6 Å². The number of alkyl halides is 10. The molecular weight excluding hydrogens is 2030 g/mol. The number of carbonyl (C=O) groups excluding carboxylic acids is 1. The Balaban J connectivity index is 0.000000122. The van der Waals surface area contributed by atoms with E-state index in [-0.39, 0.29) is 51.8 Å². The summed E-state index contributed by atoms with van der Waals surface area (Å²) in [6, 6.07) is 41.8. The number of piperazine rings is 2. The van der Waals surface area contributed by atoms with E-state index in [1.165, 1.54) is 133 Å². The van der Waals surface area contributed by atoms with Gasteiger partial charge in [0.2, 0.25) is 20.0 Å². The Hall–Kier alpha value is -17.4. The van der Waals surface area contributed by atoms with E-state index in [1.807, 2.05) is 53.4 Å². The fraction of sp³-hybridized carbons (Fsp3) is 0.175. The van der Waals surface area contributed by atoms with Gasteiger partial charge in [-0.15, -0.1) is 0 Å². The lowest BCUT2D eigenvalue weighted by atomic mass is 10.1. The van der Waals surface area contributed by atoms with Crippen molar-refractivity contribution in [3.8, 4) is 114 Å². The molecule has 1 amide bonds. The second kappa shape index (κ2) is 44.9. The van der Waals surface area contributed by atoms with E-state index in [0.717, 1.165) is 80.0 Å². The molecule has 150 heavy (non-hydrogen) atoms. The van der Waals surface area contributed by atoms with Crippen LogP contribution in [0.1, 0.15) is 76.5 Å². The van der Waals surface area contributed by atoms with Crippen molar-refractivity contribution in [1.29, 1.82) is 0 Å². The summed E-state index contributed by atoms with van der Waals surface area (Å²) in [5.41, 5.74) is 15.8. The molecule has 764 valence electrons. The van der Waals surface area contributed by atoms with Gasteiger partial charge in [-0.2, -0.15) is 0 Å². The van der Waals surface area contributed by atoms with E-state index >= 15 is 0 Å². The molecule has 0 spiro atoms. The molecule has 0 atom stereocenters. The topological polar surface area (TPSA) is 493 Å². The molecule has 16 aromatic heterocycles. The minimum atomic E-state index is -3.58. The highest BCUT2D eigenvalue weighted by Gasteiger charge is 2.26. The number of aromatic nitrogens is 26. The number of nitrogens with zero attached hydrogens (tertiary/aromatic N) is 28. The number of pyridine rings is 1. The molecule has 2 saturated heterocycles. The van der Waals surface area contributed by atoms with E-state index in [9.17, 15) is 74.0 Å². The fourth-order valence-electron chi connectivity index (χ4n) is 15.6. The first-order chi connectivity index (χ1) is 72.3. The Kier molecular flexibility index (Phi) is 30.7. The van der Waals surface area contributed by atoms with Gasteiger partial charge < -0.3 is 26.2 Å². The van der Waals surface area contributed by atoms with Crippen LogP contribution in [0.25, 0.3) is 142 Å². The molecule has 0 bridgehead atoms. The average molecular weight is 2110 g/mol. The number of nitrogens with one attached hydrogen (secondary N) is 4. The number of nitrogens with two attached hydrogens (primary N) is 1. The average Bonchev–Trinajstić information content (AvgIpc) is 1.65. The van der Waals surface area contributed by atoms with Crippen LogP contribution in [0.4, 0.5) is 55.4 Å². The van der Waals surface area contributed by atoms with E-state index in [4.69, 9.17) is 10.7 Å². The van der Waals surface area contributed by atoms with Gasteiger partial charge in [0.15, 0.2) is 67.2 Å². The van der Waals surface area contributed by atoms with Crippen LogP contribution in [0.3, 0.4) is 0 Å². The first kappa shape index (κ1) is 103. The number of hydrogen-bond donors (Lipinski definition) is 5. The second-order valence-electron chi connectivity index (χ2n) is 33.0. The molecule has 0 saturated carbocycles. The number of amides is 1.